The number of rotatable bonds is 9. The molecule has 2 aromatic heterocycles. The maximum Gasteiger partial charge on any atom is 0.143 e. The molecule has 3 aliphatic carbocycles. The zero-order chi connectivity index (χ0) is 99.2. The molecule has 0 N–H and O–H groups in total. The molecule has 2 nitrogen and oxygen atoms in total. The second-order valence-corrected chi connectivity index (χ2v) is 42.5. The van der Waals surface area contributed by atoms with E-state index in [9.17, 15) is 0 Å². The van der Waals surface area contributed by atoms with Gasteiger partial charge in [0.15, 0.2) is 0 Å². The summed E-state index contributed by atoms with van der Waals surface area (Å²) in [5.41, 5.74) is 42.1. The topological polar surface area (TPSA) is 26.3 Å². The van der Waals surface area contributed by atoms with Crippen LogP contribution in [-0.4, -0.2) is 0 Å². The van der Waals surface area contributed by atoms with Gasteiger partial charge in [-0.25, -0.2) is 0 Å². The van der Waals surface area contributed by atoms with Crippen molar-refractivity contribution in [2.75, 3.05) is 0 Å². The van der Waals surface area contributed by atoms with Crippen molar-refractivity contribution < 1.29 is 8.83 Å². The summed E-state index contributed by atoms with van der Waals surface area (Å²) in [6, 6.07) is 183. The van der Waals surface area contributed by atoms with Crippen molar-refractivity contribution in [2.24, 2.45) is 0 Å². The lowest BCUT2D eigenvalue weighted by atomic mass is 9.81. The summed E-state index contributed by atoms with van der Waals surface area (Å²) in [5, 5.41) is 27.5. The van der Waals surface area contributed by atoms with Gasteiger partial charge in [-0.15, -0.1) is 0 Å². The monoisotopic (exact) mass is 1900 g/mol. The van der Waals surface area contributed by atoms with Crippen LogP contribution in [0.15, 0.2) is 506 Å². The number of para-hydroxylation sites is 4. The summed E-state index contributed by atoms with van der Waals surface area (Å²) in [6.07, 6.45) is 0. The summed E-state index contributed by atoms with van der Waals surface area (Å²) in [7, 11) is 0. The van der Waals surface area contributed by atoms with Crippen LogP contribution in [-0.2, 0) is 16.2 Å². The minimum Gasteiger partial charge on any atom is -0.455 e. The second kappa shape index (κ2) is 33.9. The molecule has 0 bridgehead atoms. The molecule has 2 heteroatoms. The fourth-order valence-corrected chi connectivity index (χ4v) is 26.2. The molecule has 0 atom stereocenters. The van der Waals surface area contributed by atoms with Gasteiger partial charge in [0.05, 0.1) is 0 Å². The van der Waals surface area contributed by atoms with Gasteiger partial charge < -0.3 is 8.83 Å². The van der Waals surface area contributed by atoms with E-state index in [-0.39, 0.29) is 16.2 Å². The van der Waals surface area contributed by atoms with Crippen LogP contribution in [0.4, 0.5) is 0 Å². The van der Waals surface area contributed by atoms with Crippen LogP contribution in [0.5, 0.6) is 0 Å². The third kappa shape index (κ3) is 13.6. The summed E-state index contributed by atoms with van der Waals surface area (Å²) in [6.45, 7) is 14.2. The Morgan fingerprint density at radius 1 is 0.128 bits per heavy atom. The molecule has 0 fully saturated rings. The highest BCUT2D eigenvalue weighted by Crippen LogP contribution is 2.59. The Kier molecular flexibility index (Phi) is 19.8. The molecule has 0 aliphatic heterocycles. The van der Waals surface area contributed by atoms with E-state index in [2.05, 4.69) is 521 Å². The molecular weight excluding hydrogens is 1800 g/mol. The lowest BCUT2D eigenvalue weighted by Crippen LogP contribution is -2.14. The van der Waals surface area contributed by atoms with Crippen molar-refractivity contribution in [2.45, 2.75) is 57.8 Å². The van der Waals surface area contributed by atoms with Gasteiger partial charge >= 0.3 is 0 Å². The van der Waals surface area contributed by atoms with Crippen LogP contribution in [0, 0.1) is 0 Å². The minimum atomic E-state index is -0.0758. The van der Waals surface area contributed by atoms with Crippen LogP contribution in [0.25, 0.3) is 274 Å². The molecule has 0 radical (unpaired) electrons. The maximum absolute atomic E-state index is 6.58. The Balaban J connectivity index is 0.000000105. The molecule has 26 aromatic carbocycles. The Morgan fingerprint density at radius 2 is 0.356 bits per heavy atom. The third-order valence-electron chi connectivity index (χ3n) is 33.3. The third-order valence-corrected chi connectivity index (χ3v) is 33.3. The van der Waals surface area contributed by atoms with Gasteiger partial charge in [-0.3, -0.25) is 0 Å². The highest BCUT2D eigenvalue weighted by atomic mass is 16.3. The predicted octanol–water partition coefficient (Wildman–Crippen LogP) is 41.2. The average molecular weight is 1900 g/mol. The number of benzene rings is 26. The SMILES string of the molecule is CC1(C)c2ccc(-c3c4ccccc4c(-c4ccc(-c5cccc6c5oc5ccccc56)cc4)c4ccccc34)cc2-c2cc3ccccc3cc21.CC1(C)c2ccc(-c3c4ccccc4c(-c4ccccc4-c4cccc5c4oc4ccccc45)c4ccccc34)cc2-c2cc3ccccc3cc21.CC1(C)c2ccc(-c3c4ccccc4c(-c4ccccc4-c4ccccc4)c4ccccc34)cc2-c2cc3ccccc3cc21. The lowest BCUT2D eigenvalue weighted by molar-refractivity contribution is 0.661. The Morgan fingerprint density at radius 3 is 0.711 bits per heavy atom. The highest BCUT2D eigenvalue weighted by molar-refractivity contribution is 6.27. The lowest BCUT2D eigenvalue weighted by Gasteiger charge is -2.22. The Hall–Kier alpha value is -18.3. The summed E-state index contributed by atoms with van der Waals surface area (Å²) in [5.74, 6) is 0. The fraction of sp³-hybridized carbons (Fsp3) is 0.0612. The van der Waals surface area contributed by atoms with Crippen molar-refractivity contribution in [1.82, 2.24) is 0 Å². The first kappa shape index (κ1) is 87.3. The van der Waals surface area contributed by atoms with Gasteiger partial charge in [-0.2, -0.15) is 0 Å². The van der Waals surface area contributed by atoms with Crippen LogP contribution < -0.4 is 0 Å². The molecule has 0 saturated carbocycles. The molecule has 3 aliphatic rings. The molecule has 149 heavy (non-hydrogen) atoms. The van der Waals surface area contributed by atoms with Gasteiger partial charge in [0.25, 0.3) is 0 Å². The number of hydrogen-bond donors (Lipinski definition) is 0. The van der Waals surface area contributed by atoms with Crippen molar-refractivity contribution in [1.29, 1.82) is 0 Å². The molecule has 700 valence electrons. The zero-order valence-corrected chi connectivity index (χ0v) is 83.7. The molecule has 0 saturated heterocycles. The summed E-state index contributed by atoms with van der Waals surface area (Å²) >= 11 is 0. The Labute approximate surface area is 865 Å². The van der Waals surface area contributed by atoms with E-state index >= 15 is 0 Å². The van der Waals surface area contributed by atoms with E-state index in [1.165, 1.54) is 247 Å². The van der Waals surface area contributed by atoms with Crippen LogP contribution in [0.2, 0.25) is 0 Å². The first-order valence-corrected chi connectivity index (χ1v) is 52.2. The summed E-state index contributed by atoms with van der Waals surface area (Å²) in [4.78, 5) is 0. The van der Waals surface area contributed by atoms with Crippen LogP contribution >= 0.6 is 0 Å². The smallest absolute Gasteiger partial charge is 0.143 e. The van der Waals surface area contributed by atoms with Crippen molar-refractivity contribution in [3.05, 3.63) is 531 Å². The van der Waals surface area contributed by atoms with Gasteiger partial charge in [-0.05, 0) is 319 Å². The maximum atomic E-state index is 6.58. The fourth-order valence-electron chi connectivity index (χ4n) is 26.2. The average Bonchev–Trinajstić information content (AvgIpc) is 1.69. The molecular formula is C147H100O2. The van der Waals surface area contributed by atoms with Gasteiger partial charge in [-0.1, -0.05) is 472 Å². The van der Waals surface area contributed by atoms with Gasteiger partial charge in [0.2, 0.25) is 0 Å². The number of fused-ring (bicyclic) bond motifs is 24. The molecule has 0 amide bonds. The first-order valence-electron chi connectivity index (χ1n) is 52.2. The van der Waals surface area contributed by atoms with E-state index in [4.69, 9.17) is 8.83 Å². The number of furan rings is 2. The highest BCUT2D eigenvalue weighted by Gasteiger charge is 2.40. The van der Waals surface area contributed by atoms with E-state index in [0.29, 0.717) is 0 Å². The minimum absolute atomic E-state index is 0.0532. The van der Waals surface area contributed by atoms with E-state index in [0.717, 1.165) is 60.6 Å². The first-order chi connectivity index (χ1) is 73.2. The number of hydrogen-bond acceptors (Lipinski definition) is 2. The molecule has 31 rings (SSSR count). The molecule has 2 heterocycles. The molecule has 0 unspecified atom stereocenters. The zero-order valence-electron chi connectivity index (χ0n) is 83.7. The normalized spacial score (nSPS) is 13.3. The van der Waals surface area contributed by atoms with E-state index < -0.39 is 0 Å². The largest absolute Gasteiger partial charge is 0.455 e. The molecule has 0 spiro atoms. The standard InChI is InChI=1S/2C51H34O.C45H32/c1-51(2)45-27-26-35(29-43(45)44-28-33-12-3-4-13-34(33)30-46(44)51)49-40-17-7-5-15-38(40)48(39-16-6-8-18-41(39)49)32-24-22-31(23-25-32)36-19-11-20-42-37-14-9-10-21-47(37)52-50(36)42;1-51(2)45-27-26-33(29-43(45)44-28-31-14-3-4-15-32(31)30-46(44)51)48-37-19-7-9-21-39(37)49(40-22-10-8-20-38(40)48)36-18-6-5-16-34(36)41-23-13-24-42-35-17-11-12-25-47(35)52-50(41)42;1-45(2)41-25-24-32(27-39(41)40-26-30-16-6-7-17-31(30)28-42(40)45)43-35-20-10-12-22-37(35)44(38-23-13-11-21-36(38)43)34-19-9-8-18-33(34)29-14-4-3-5-15-29/h2*3-30H,1-2H3;3-28H,1-2H3. The van der Waals surface area contributed by atoms with Gasteiger partial charge in [0.1, 0.15) is 22.3 Å². The Bertz CT molecular complexity index is 10300. The van der Waals surface area contributed by atoms with Crippen molar-refractivity contribution >= 4 is 141 Å². The van der Waals surface area contributed by atoms with E-state index in [1.807, 2.05) is 18.2 Å². The predicted molar refractivity (Wildman–Crippen MR) is 633 cm³/mol. The van der Waals surface area contributed by atoms with Crippen molar-refractivity contribution in [3.63, 3.8) is 0 Å². The second-order valence-electron chi connectivity index (χ2n) is 42.5. The summed E-state index contributed by atoms with van der Waals surface area (Å²) < 4.78 is 13.0. The molecule has 28 aromatic rings. The van der Waals surface area contributed by atoms with E-state index in [1.54, 1.807) is 0 Å². The van der Waals surface area contributed by atoms with Crippen molar-refractivity contribution in [3.8, 4) is 134 Å². The quantitative estimate of drug-likeness (QED) is 0.135. The van der Waals surface area contributed by atoms with Crippen LogP contribution in [0.3, 0.4) is 0 Å². The van der Waals surface area contributed by atoms with Crippen LogP contribution in [0.1, 0.15) is 74.9 Å². The van der Waals surface area contributed by atoms with Gasteiger partial charge in [0, 0.05) is 48.9 Å².